The van der Waals surface area contributed by atoms with Gasteiger partial charge in [-0.25, -0.2) is 4.68 Å². The molecule has 0 unspecified atom stereocenters. The molecule has 0 radical (unpaired) electrons. The topological polar surface area (TPSA) is 59.4 Å². The number of aliphatic hydroxyl groups is 1. The van der Waals surface area contributed by atoms with Gasteiger partial charge in [0, 0.05) is 12.4 Å². The minimum atomic E-state index is -0.125. The van der Waals surface area contributed by atoms with Gasteiger partial charge in [0.2, 0.25) is 0 Å². The summed E-state index contributed by atoms with van der Waals surface area (Å²) in [5, 5.41) is 14.6. The molecular formula is C15H18N4O2S. The summed E-state index contributed by atoms with van der Waals surface area (Å²) in [4.78, 5) is 2.06. The van der Waals surface area contributed by atoms with Crippen LogP contribution in [0.25, 0.3) is 11.0 Å². The number of benzene rings is 1. The first-order valence-corrected chi connectivity index (χ1v) is 7.39. The Labute approximate surface area is 133 Å². The van der Waals surface area contributed by atoms with Gasteiger partial charge in [0.05, 0.1) is 13.2 Å². The summed E-state index contributed by atoms with van der Waals surface area (Å²) < 4.78 is 9.81. The lowest BCUT2D eigenvalue weighted by atomic mass is 10.2. The summed E-state index contributed by atoms with van der Waals surface area (Å²) in [7, 11) is 3.78. The maximum atomic E-state index is 9.23. The zero-order valence-corrected chi connectivity index (χ0v) is 13.4. The van der Waals surface area contributed by atoms with Crippen molar-refractivity contribution >= 4 is 23.2 Å². The minimum Gasteiger partial charge on any atom is -0.460 e. The fraction of sp³-hybridized carbons (Fsp3) is 0.333. The van der Waals surface area contributed by atoms with E-state index in [4.69, 9.17) is 16.6 Å². The monoisotopic (exact) mass is 318 g/mol. The van der Waals surface area contributed by atoms with Gasteiger partial charge in [-0.15, -0.1) is 0 Å². The molecular weight excluding hydrogens is 300 g/mol. The van der Waals surface area contributed by atoms with Crippen LogP contribution in [-0.4, -0.2) is 31.4 Å². The highest BCUT2D eigenvalue weighted by molar-refractivity contribution is 7.71. The van der Waals surface area contributed by atoms with Crippen LogP contribution in [0, 0.1) is 4.77 Å². The Morgan fingerprint density at radius 1 is 1.36 bits per heavy atom. The molecule has 0 aliphatic rings. The molecule has 7 heteroatoms. The Balaban J connectivity index is 1.74. The molecule has 0 saturated heterocycles. The highest BCUT2D eigenvalue weighted by atomic mass is 32.1. The van der Waals surface area contributed by atoms with Crippen molar-refractivity contribution in [1.29, 1.82) is 0 Å². The van der Waals surface area contributed by atoms with E-state index >= 15 is 0 Å². The Morgan fingerprint density at radius 2 is 2.14 bits per heavy atom. The quantitative estimate of drug-likeness (QED) is 0.731. The van der Waals surface area contributed by atoms with Crippen molar-refractivity contribution in [3.63, 3.8) is 0 Å². The van der Waals surface area contributed by atoms with E-state index in [0.717, 1.165) is 16.7 Å². The van der Waals surface area contributed by atoms with Gasteiger partial charge >= 0.3 is 0 Å². The number of aromatic nitrogens is 3. The summed E-state index contributed by atoms with van der Waals surface area (Å²) in [6.45, 7) is 1.06. The first-order chi connectivity index (χ1) is 10.6. The first kappa shape index (κ1) is 15.0. The molecule has 0 saturated carbocycles. The summed E-state index contributed by atoms with van der Waals surface area (Å²) in [6.07, 6.45) is 0. The predicted molar refractivity (Wildman–Crippen MR) is 85.6 cm³/mol. The number of hydrogen-bond acceptors (Lipinski definition) is 5. The van der Waals surface area contributed by atoms with Crippen LogP contribution in [0.1, 0.15) is 11.6 Å². The van der Waals surface area contributed by atoms with Crippen molar-refractivity contribution in [2.45, 2.75) is 19.8 Å². The molecule has 0 aliphatic carbocycles. The first-order valence-electron chi connectivity index (χ1n) is 6.98. The van der Waals surface area contributed by atoms with Crippen molar-refractivity contribution in [3.8, 4) is 0 Å². The van der Waals surface area contributed by atoms with Gasteiger partial charge in [0.25, 0.3) is 0 Å². The Hall–Kier alpha value is -1.96. The fourth-order valence-corrected chi connectivity index (χ4v) is 2.63. The van der Waals surface area contributed by atoms with Crippen LogP contribution in [0.5, 0.6) is 0 Å². The summed E-state index contributed by atoms with van der Waals surface area (Å²) in [5.41, 5.74) is 0.892. The third-order valence-electron chi connectivity index (χ3n) is 3.55. The van der Waals surface area contributed by atoms with E-state index in [1.54, 1.807) is 16.3 Å². The van der Waals surface area contributed by atoms with E-state index in [1.165, 1.54) is 0 Å². The second-order valence-corrected chi connectivity index (χ2v) is 5.69. The third kappa shape index (κ3) is 2.83. The fourth-order valence-electron chi connectivity index (χ4n) is 2.42. The standard InChI is InChI=1S/C15H18N4O2S/c1-17(10-19-15(22)18(2)14(9-20)16-19)8-12-7-11-5-3-4-6-13(11)21-12/h3-7,20H,8-10H2,1-2H3. The summed E-state index contributed by atoms with van der Waals surface area (Å²) >= 11 is 5.32. The maximum absolute atomic E-state index is 9.23. The average molecular weight is 318 g/mol. The SMILES string of the molecule is CN(Cc1cc2ccccc2o1)Cn1nc(CO)n(C)c1=S. The van der Waals surface area contributed by atoms with Gasteiger partial charge in [-0.1, -0.05) is 18.2 Å². The minimum absolute atomic E-state index is 0.125. The predicted octanol–water partition coefficient (Wildman–Crippen LogP) is 2.28. The highest BCUT2D eigenvalue weighted by Gasteiger charge is 2.10. The smallest absolute Gasteiger partial charge is 0.198 e. The van der Waals surface area contributed by atoms with E-state index in [1.807, 2.05) is 37.4 Å². The Bertz CT molecular complexity index is 816. The van der Waals surface area contributed by atoms with Crippen molar-refractivity contribution in [1.82, 2.24) is 19.2 Å². The number of rotatable bonds is 5. The van der Waals surface area contributed by atoms with Gasteiger partial charge in [0.15, 0.2) is 10.6 Å². The number of hydrogen-bond donors (Lipinski definition) is 1. The maximum Gasteiger partial charge on any atom is 0.198 e. The second kappa shape index (κ2) is 6.04. The second-order valence-electron chi connectivity index (χ2n) is 5.32. The zero-order valence-electron chi connectivity index (χ0n) is 12.6. The van der Waals surface area contributed by atoms with Crippen molar-refractivity contribution in [2.75, 3.05) is 7.05 Å². The zero-order chi connectivity index (χ0) is 15.7. The third-order valence-corrected chi connectivity index (χ3v) is 4.03. The summed E-state index contributed by atoms with van der Waals surface area (Å²) in [5.74, 6) is 1.45. The lowest BCUT2D eigenvalue weighted by Gasteiger charge is -2.14. The van der Waals surface area contributed by atoms with Gasteiger partial charge in [-0.2, -0.15) is 5.10 Å². The molecule has 0 aliphatic heterocycles. The van der Waals surface area contributed by atoms with E-state index in [2.05, 4.69) is 10.00 Å². The summed E-state index contributed by atoms with van der Waals surface area (Å²) in [6, 6.07) is 9.99. The van der Waals surface area contributed by atoms with Crippen LogP contribution in [0.2, 0.25) is 0 Å². The van der Waals surface area contributed by atoms with E-state index < -0.39 is 0 Å². The molecule has 0 fully saturated rings. The molecule has 2 aromatic heterocycles. The van der Waals surface area contributed by atoms with Crippen molar-refractivity contribution in [3.05, 3.63) is 46.7 Å². The van der Waals surface area contributed by atoms with E-state index in [-0.39, 0.29) is 6.61 Å². The lowest BCUT2D eigenvalue weighted by molar-refractivity contribution is 0.224. The number of furan rings is 1. The van der Waals surface area contributed by atoms with Crippen molar-refractivity contribution in [2.24, 2.45) is 7.05 Å². The molecule has 0 bridgehead atoms. The van der Waals surface area contributed by atoms with Crippen LogP contribution in [0.3, 0.4) is 0 Å². The van der Waals surface area contributed by atoms with Gasteiger partial charge in [-0.05, 0) is 31.4 Å². The van der Waals surface area contributed by atoms with E-state index in [0.29, 0.717) is 23.8 Å². The van der Waals surface area contributed by atoms with Crippen LogP contribution in [0.4, 0.5) is 0 Å². The molecule has 0 atom stereocenters. The molecule has 2 heterocycles. The molecule has 1 aromatic carbocycles. The van der Waals surface area contributed by atoms with Crippen LogP contribution in [-0.2, 0) is 26.9 Å². The van der Waals surface area contributed by atoms with Gasteiger partial charge < -0.3 is 14.1 Å². The molecule has 1 N–H and O–H groups in total. The largest absolute Gasteiger partial charge is 0.460 e. The molecule has 0 spiro atoms. The van der Waals surface area contributed by atoms with Crippen LogP contribution < -0.4 is 0 Å². The van der Waals surface area contributed by atoms with Crippen LogP contribution >= 0.6 is 12.2 Å². The number of fused-ring (bicyclic) bond motifs is 1. The molecule has 6 nitrogen and oxygen atoms in total. The highest BCUT2D eigenvalue weighted by Crippen LogP contribution is 2.19. The van der Waals surface area contributed by atoms with Gasteiger partial charge in [0.1, 0.15) is 18.0 Å². The molecule has 0 amide bonds. The normalized spacial score (nSPS) is 11.6. The number of aliphatic hydroxyl groups excluding tert-OH is 1. The van der Waals surface area contributed by atoms with Gasteiger partial charge in [-0.3, -0.25) is 4.90 Å². The van der Waals surface area contributed by atoms with Crippen molar-refractivity contribution < 1.29 is 9.52 Å². The molecule has 116 valence electrons. The molecule has 3 rings (SSSR count). The van der Waals surface area contributed by atoms with E-state index in [9.17, 15) is 5.11 Å². The van der Waals surface area contributed by atoms with Crippen LogP contribution in [0.15, 0.2) is 34.7 Å². The Morgan fingerprint density at radius 3 is 2.82 bits per heavy atom. The average Bonchev–Trinajstić information content (AvgIpc) is 3.02. The Kier molecular flexibility index (Phi) is 4.10. The number of nitrogens with zero attached hydrogens (tertiary/aromatic N) is 4. The molecule has 22 heavy (non-hydrogen) atoms. The lowest BCUT2D eigenvalue weighted by Crippen LogP contribution is -2.22. The molecule has 3 aromatic rings. The number of para-hydroxylation sites is 1.